The lowest BCUT2D eigenvalue weighted by molar-refractivity contribution is -0.128. The van der Waals surface area contributed by atoms with Gasteiger partial charge in [0.1, 0.15) is 11.9 Å². The minimum Gasteiger partial charge on any atom is -0.374 e. The van der Waals surface area contributed by atoms with Crippen LogP contribution in [0.1, 0.15) is 18.9 Å². The summed E-state index contributed by atoms with van der Waals surface area (Å²) in [7, 11) is 1.51. The second-order valence-electron chi connectivity index (χ2n) is 3.51. The van der Waals surface area contributed by atoms with Gasteiger partial charge in [0.15, 0.2) is 5.78 Å². The zero-order valence-corrected chi connectivity index (χ0v) is 10.9. The van der Waals surface area contributed by atoms with Crippen molar-refractivity contribution in [3.63, 3.8) is 0 Å². The third kappa shape index (κ3) is 3.39. The van der Waals surface area contributed by atoms with Crippen molar-refractivity contribution in [2.75, 3.05) is 7.11 Å². The monoisotopic (exact) mass is 288 g/mol. The topological polar surface area (TPSA) is 26.3 Å². The van der Waals surface area contributed by atoms with Gasteiger partial charge in [0.2, 0.25) is 0 Å². The molecule has 0 amide bonds. The van der Waals surface area contributed by atoms with E-state index in [2.05, 4.69) is 15.9 Å². The van der Waals surface area contributed by atoms with E-state index in [1.54, 1.807) is 6.07 Å². The molecular weight excluding hydrogens is 275 g/mol. The minimum atomic E-state index is -0.407. The van der Waals surface area contributed by atoms with Crippen LogP contribution in [0.5, 0.6) is 0 Å². The molecule has 0 fully saturated rings. The number of ether oxygens (including phenoxy) is 1. The number of halogens is 2. The van der Waals surface area contributed by atoms with E-state index in [1.165, 1.54) is 19.2 Å². The Hall–Kier alpha value is -0.740. The molecule has 0 spiro atoms. The van der Waals surface area contributed by atoms with E-state index in [9.17, 15) is 9.18 Å². The normalized spacial score (nSPS) is 12.5. The lowest BCUT2D eigenvalue weighted by Crippen LogP contribution is -2.23. The number of hydrogen-bond acceptors (Lipinski definition) is 2. The lowest BCUT2D eigenvalue weighted by atomic mass is 10.0. The van der Waals surface area contributed by atoms with Crippen LogP contribution in [0, 0.1) is 5.82 Å². The molecule has 16 heavy (non-hydrogen) atoms. The molecule has 1 unspecified atom stereocenters. The summed E-state index contributed by atoms with van der Waals surface area (Å²) in [5, 5.41) is 0. The molecule has 1 aromatic carbocycles. The molecule has 0 aliphatic heterocycles. The molecule has 0 bridgehead atoms. The second-order valence-corrected chi connectivity index (χ2v) is 4.37. The van der Waals surface area contributed by atoms with Crippen LogP contribution in [0.3, 0.4) is 0 Å². The van der Waals surface area contributed by atoms with E-state index < -0.39 is 6.10 Å². The molecule has 1 rings (SSSR count). The Balaban J connectivity index is 2.80. The van der Waals surface area contributed by atoms with Crippen molar-refractivity contribution < 1.29 is 13.9 Å². The van der Waals surface area contributed by atoms with Gasteiger partial charge in [0.05, 0.1) is 0 Å². The number of Topliss-reactive ketones (excluding diaryl/α,β-unsaturated/α-hetero) is 1. The van der Waals surface area contributed by atoms with Crippen LogP contribution in [0.4, 0.5) is 4.39 Å². The lowest BCUT2D eigenvalue weighted by Gasteiger charge is -2.12. The molecular formula is C12H14BrFO2. The fraction of sp³-hybridized carbons (Fsp3) is 0.417. The van der Waals surface area contributed by atoms with Crippen LogP contribution < -0.4 is 0 Å². The molecule has 2 nitrogen and oxygen atoms in total. The maximum absolute atomic E-state index is 13.0. The first-order valence-electron chi connectivity index (χ1n) is 5.08. The smallest absolute Gasteiger partial charge is 0.165 e. The Morgan fingerprint density at radius 2 is 2.25 bits per heavy atom. The molecule has 0 saturated carbocycles. The van der Waals surface area contributed by atoms with Crippen molar-refractivity contribution in [3.8, 4) is 0 Å². The van der Waals surface area contributed by atoms with Crippen molar-refractivity contribution >= 4 is 21.7 Å². The van der Waals surface area contributed by atoms with E-state index >= 15 is 0 Å². The second kappa shape index (κ2) is 6.11. The van der Waals surface area contributed by atoms with Gasteiger partial charge in [-0.1, -0.05) is 22.9 Å². The SMILES string of the molecule is CCC(OC)C(=O)Cc1cc(F)ccc1Br. The zero-order chi connectivity index (χ0) is 12.1. The van der Waals surface area contributed by atoms with E-state index in [0.717, 1.165) is 4.47 Å². The number of benzene rings is 1. The summed E-state index contributed by atoms with van der Waals surface area (Å²) in [6, 6.07) is 4.32. The predicted molar refractivity (Wildman–Crippen MR) is 63.9 cm³/mol. The molecule has 0 saturated heterocycles. The highest BCUT2D eigenvalue weighted by atomic mass is 79.9. The van der Waals surface area contributed by atoms with Gasteiger partial charge in [-0.25, -0.2) is 4.39 Å². The Labute approximate surface area is 103 Å². The summed E-state index contributed by atoms with van der Waals surface area (Å²) < 4.78 is 18.8. The third-order valence-electron chi connectivity index (χ3n) is 2.39. The van der Waals surface area contributed by atoms with Crippen molar-refractivity contribution in [2.45, 2.75) is 25.9 Å². The van der Waals surface area contributed by atoms with E-state index in [1.807, 2.05) is 6.92 Å². The van der Waals surface area contributed by atoms with Gasteiger partial charge in [-0.2, -0.15) is 0 Å². The number of methoxy groups -OCH3 is 1. The Morgan fingerprint density at radius 3 is 2.81 bits per heavy atom. The Morgan fingerprint density at radius 1 is 1.56 bits per heavy atom. The molecule has 0 N–H and O–H groups in total. The van der Waals surface area contributed by atoms with Crippen LogP contribution in [-0.2, 0) is 16.0 Å². The fourth-order valence-electron chi connectivity index (χ4n) is 1.51. The van der Waals surface area contributed by atoms with E-state index in [-0.39, 0.29) is 18.0 Å². The molecule has 0 radical (unpaired) electrons. The first kappa shape index (κ1) is 13.3. The predicted octanol–water partition coefficient (Wildman–Crippen LogP) is 3.12. The Kier molecular flexibility index (Phi) is 5.09. The number of hydrogen-bond donors (Lipinski definition) is 0. The summed E-state index contributed by atoms with van der Waals surface area (Å²) in [6.45, 7) is 1.88. The van der Waals surface area contributed by atoms with Crippen molar-refractivity contribution in [1.82, 2.24) is 0 Å². The van der Waals surface area contributed by atoms with Gasteiger partial charge in [0.25, 0.3) is 0 Å². The molecule has 0 aliphatic carbocycles. The number of rotatable bonds is 5. The van der Waals surface area contributed by atoms with Crippen LogP contribution in [0.25, 0.3) is 0 Å². The highest BCUT2D eigenvalue weighted by Gasteiger charge is 2.17. The zero-order valence-electron chi connectivity index (χ0n) is 9.30. The maximum Gasteiger partial charge on any atom is 0.165 e. The quantitative estimate of drug-likeness (QED) is 0.832. The standard InChI is InChI=1S/C12H14BrFO2/c1-3-12(16-2)11(15)7-8-6-9(14)4-5-10(8)13/h4-6,12H,3,7H2,1-2H3. The summed E-state index contributed by atoms with van der Waals surface area (Å²) in [6.07, 6.45) is 0.405. The van der Waals surface area contributed by atoms with Crippen LogP contribution >= 0.6 is 15.9 Å². The van der Waals surface area contributed by atoms with Crippen molar-refractivity contribution in [1.29, 1.82) is 0 Å². The number of carbonyl (C=O) groups is 1. The summed E-state index contributed by atoms with van der Waals surface area (Å²) >= 11 is 3.29. The number of ketones is 1. The summed E-state index contributed by atoms with van der Waals surface area (Å²) in [5.41, 5.74) is 0.653. The van der Waals surface area contributed by atoms with Gasteiger partial charge in [-0.15, -0.1) is 0 Å². The average Bonchev–Trinajstić information content (AvgIpc) is 2.25. The molecule has 0 heterocycles. The average molecular weight is 289 g/mol. The summed E-state index contributed by atoms with van der Waals surface area (Å²) in [5.74, 6) is -0.368. The van der Waals surface area contributed by atoms with Gasteiger partial charge in [0, 0.05) is 18.0 Å². The number of carbonyl (C=O) groups excluding carboxylic acids is 1. The molecule has 4 heteroatoms. The van der Waals surface area contributed by atoms with Crippen LogP contribution in [0.2, 0.25) is 0 Å². The highest BCUT2D eigenvalue weighted by Crippen LogP contribution is 2.19. The largest absolute Gasteiger partial charge is 0.374 e. The van der Waals surface area contributed by atoms with Gasteiger partial charge in [-0.3, -0.25) is 4.79 Å². The van der Waals surface area contributed by atoms with Gasteiger partial charge >= 0.3 is 0 Å². The Bertz CT molecular complexity index is 375. The van der Waals surface area contributed by atoms with Crippen LogP contribution in [0.15, 0.2) is 22.7 Å². The summed E-state index contributed by atoms with van der Waals surface area (Å²) in [4.78, 5) is 11.8. The highest BCUT2D eigenvalue weighted by molar-refractivity contribution is 9.10. The van der Waals surface area contributed by atoms with E-state index in [4.69, 9.17) is 4.74 Å². The molecule has 1 atom stereocenters. The minimum absolute atomic E-state index is 0.0312. The first-order valence-corrected chi connectivity index (χ1v) is 5.87. The molecule has 0 aliphatic rings. The third-order valence-corrected chi connectivity index (χ3v) is 3.16. The van der Waals surface area contributed by atoms with Gasteiger partial charge < -0.3 is 4.74 Å². The molecule has 0 aromatic heterocycles. The van der Waals surface area contributed by atoms with Crippen molar-refractivity contribution in [3.05, 3.63) is 34.1 Å². The van der Waals surface area contributed by atoms with Crippen molar-refractivity contribution in [2.24, 2.45) is 0 Å². The first-order chi connectivity index (χ1) is 7.58. The fourth-order valence-corrected chi connectivity index (χ4v) is 1.89. The molecule has 1 aromatic rings. The van der Waals surface area contributed by atoms with Crippen LogP contribution in [-0.4, -0.2) is 19.0 Å². The molecule has 88 valence electrons. The maximum atomic E-state index is 13.0. The van der Waals surface area contributed by atoms with Gasteiger partial charge in [-0.05, 0) is 30.2 Å². The van der Waals surface area contributed by atoms with E-state index in [0.29, 0.717) is 12.0 Å².